The smallest absolute Gasteiger partial charge is 0.308 e. The molecule has 1 unspecified atom stereocenters. The maximum absolute atomic E-state index is 14.1. The lowest BCUT2D eigenvalue weighted by atomic mass is 9.96. The third kappa shape index (κ3) is 4.00. The molecule has 2 aliphatic rings. The van der Waals surface area contributed by atoms with E-state index in [1.54, 1.807) is 17.4 Å². The van der Waals surface area contributed by atoms with Gasteiger partial charge in [0.1, 0.15) is 11.6 Å². The second-order valence-electron chi connectivity index (χ2n) is 6.94. The van der Waals surface area contributed by atoms with E-state index in [0.29, 0.717) is 18.9 Å². The molecule has 2 aliphatic heterocycles. The predicted molar refractivity (Wildman–Crippen MR) is 98.9 cm³/mol. The minimum Gasteiger partial charge on any atom is -0.469 e. The van der Waals surface area contributed by atoms with Gasteiger partial charge in [0.15, 0.2) is 0 Å². The number of carbonyl (C=O) groups is 1. The summed E-state index contributed by atoms with van der Waals surface area (Å²) in [5, 5.41) is 3.98. The SMILES string of the molecule is COC(=O)C1CCN(Cc2cc(F)cc3c2OC(c2ccsc2)OC3)CC1. The van der Waals surface area contributed by atoms with Crippen molar-refractivity contribution in [3.8, 4) is 5.75 Å². The molecule has 4 rings (SSSR count). The van der Waals surface area contributed by atoms with Crippen molar-refractivity contribution in [1.29, 1.82) is 0 Å². The minimum absolute atomic E-state index is 0.0414. The van der Waals surface area contributed by atoms with E-state index >= 15 is 0 Å². The summed E-state index contributed by atoms with van der Waals surface area (Å²) in [5.41, 5.74) is 2.53. The van der Waals surface area contributed by atoms with Crippen molar-refractivity contribution in [2.45, 2.75) is 32.3 Å². The molecule has 27 heavy (non-hydrogen) atoms. The first kappa shape index (κ1) is 18.4. The topological polar surface area (TPSA) is 48.0 Å². The van der Waals surface area contributed by atoms with Crippen LogP contribution in [-0.2, 0) is 27.4 Å². The zero-order valence-electron chi connectivity index (χ0n) is 15.2. The van der Waals surface area contributed by atoms with Crippen LogP contribution in [0, 0.1) is 11.7 Å². The summed E-state index contributed by atoms with van der Waals surface area (Å²) < 4.78 is 30.8. The Hall–Kier alpha value is -1.96. The lowest BCUT2D eigenvalue weighted by Gasteiger charge is -2.33. The molecular formula is C20H22FNO4S. The van der Waals surface area contributed by atoms with Crippen LogP contribution in [0.25, 0.3) is 0 Å². The number of fused-ring (bicyclic) bond motifs is 1. The fourth-order valence-electron chi connectivity index (χ4n) is 3.70. The molecular weight excluding hydrogens is 369 g/mol. The third-order valence-corrected chi connectivity index (χ3v) is 5.86. The van der Waals surface area contributed by atoms with E-state index in [9.17, 15) is 9.18 Å². The quantitative estimate of drug-likeness (QED) is 0.741. The highest BCUT2D eigenvalue weighted by molar-refractivity contribution is 7.07. The Balaban J connectivity index is 1.49. The van der Waals surface area contributed by atoms with Crippen molar-refractivity contribution in [3.05, 3.63) is 51.5 Å². The van der Waals surface area contributed by atoms with Gasteiger partial charge >= 0.3 is 5.97 Å². The van der Waals surface area contributed by atoms with Crippen LogP contribution in [-0.4, -0.2) is 31.1 Å². The van der Waals surface area contributed by atoms with E-state index in [-0.39, 0.29) is 17.7 Å². The van der Waals surface area contributed by atoms with Gasteiger partial charge in [0.05, 0.1) is 19.6 Å². The first-order valence-electron chi connectivity index (χ1n) is 9.06. The number of hydrogen-bond donors (Lipinski definition) is 0. The molecule has 1 saturated heterocycles. The first-order valence-corrected chi connectivity index (χ1v) is 10.00. The Morgan fingerprint density at radius 3 is 2.89 bits per heavy atom. The molecule has 3 heterocycles. The summed E-state index contributed by atoms with van der Waals surface area (Å²) in [6.07, 6.45) is 1.05. The first-order chi connectivity index (χ1) is 13.1. The van der Waals surface area contributed by atoms with Crippen LogP contribution >= 0.6 is 11.3 Å². The molecule has 0 spiro atoms. The predicted octanol–water partition coefficient (Wildman–Crippen LogP) is 3.88. The molecule has 0 bridgehead atoms. The molecule has 2 aromatic rings. The number of methoxy groups -OCH3 is 1. The molecule has 1 fully saturated rings. The minimum atomic E-state index is -0.460. The average molecular weight is 391 g/mol. The third-order valence-electron chi connectivity index (χ3n) is 5.15. The lowest BCUT2D eigenvalue weighted by molar-refractivity contribution is -0.147. The van der Waals surface area contributed by atoms with E-state index in [1.807, 2.05) is 16.8 Å². The Kier molecular flexibility index (Phi) is 5.43. The Morgan fingerprint density at radius 2 is 2.19 bits per heavy atom. The number of nitrogens with zero attached hydrogens (tertiary/aromatic N) is 1. The fraction of sp³-hybridized carbons (Fsp3) is 0.450. The zero-order valence-corrected chi connectivity index (χ0v) is 16.0. The molecule has 0 N–H and O–H groups in total. The van der Waals surface area contributed by atoms with Gasteiger partial charge in [-0.1, -0.05) is 0 Å². The van der Waals surface area contributed by atoms with Crippen molar-refractivity contribution in [3.63, 3.8) is 0 Å². The average Bonchev–Trinajstić information content (AvgIpc) is 3.22. The summed E-state index contributed by atoms with van der Waals surface area (Å²) >= 11 is 1.59. The maximum Gasteiger partial charge on any atom is 0.308 e. The van der Waals surface area contributed by atoms with E-state index in [2.05, 4.69) is 4.90 Å². The van der Waals surface area contributed by atoms with Crippen molar-refractivity contribution in [2.75, 3.05) is 20.2 Å². The van der Waals surface area contributed by atoms with Gasteiger partial charge in [0, 0.05) is 28.6 Å². The Labute approximate surface area is 161 Å². The van der Waals surface area contributed by atoms with Crippen molar-refractivity contribution >= 4 is 17.3 Å². The van der Waals surface area contributed by atoms with Crippen LogP contribution < -0.4 is 4.74 Å². The molecule has 7 heteroatoms. The Morgan fingerprint density at radius 1 is 1.37 bits per heavy atom. The zero-order chi connectivity index (χ0) is 18.8. The number of ether oxygens (including phenoxy) is 3. The highest BCUT2D eigenvalue weighted by Gasteiger charge is 2.29. The molecule has 1 aromatic carbocycles. The standard InChI is InChI=1S/C20H22FNO4S/c1-24-19(23)13-2-5-22(6-3-13)10-15-8-17(21)9-16-11-25-20(26-18(15)16)14-4-7-27-12-14/h4,7-9,12-13,20H,2-3,5-6,10-11H2,1H3. The fourth-order valence-corrected chi connectivity index (χ4v) is 4.36. The highest BCUT2D eigenvalue weighted by Crippen LogP contribution is 2.38. The molecule has 0 aliphatic carbocycles. The van der Waals surface area contributed by atoms with Gasteiger partial charge in [-0.3, -0.25) is 9.69 Å². The van der Waals surface area contributed by atoms with Gasteiger partial charge < -0.3 is 14.2 Å². The van der Waals surface area contributed by atoms with Crippen LogP contribution in [0.2, 0.25) is 0 Å². The second-order valence-corrected chi connectivity index (χ2v) is 7.72. The maximum atomic E-state index is 14.1. The van der Waals surface area contributed by atoms with Crippen LogP contribution in [0.3, 0.4) is 0 Å². The normalized spacial score (nSPS) is 20.7. The molecule has 0 radical (unpaired) electrons. The van der Waals surface area contributed by atoms with Crippen molar-refractivity contribution < 1.29 is 23.4 Å². The number of hydrogen-bond acceptors (Lipinski definition) is 6. The molecule has 144 valence electrons. The number of rotatable bonds is 4. The van der Waals surface area contributed by atoms with E-state index < -0.39 is 6.29 Å². The molecule has 5 nitrogen and oxygen atoms in total. The van der Waals surface area contributed by atoms with Crippen LogP contribution in [0.5, 0.6) is 5.75 Å². The monoisotopic (exact) mass is 391 g/mol. The van der Waals surface area contributed by atoms with Crippen LogP contribution in [0.15, 0.2) is 29.0 Å². The number of likely N-dealkylation sites (tertiary alicyclic amines) is 1. The highest BCUT2D eigenvalue weighted by atomic mass is 32.1. The van der Waals surface area contributed by atoms with Gasteiger partial charge in [-0.2, -0.15) is 11.3 Å². The number of benzene rings is 1. The van der Waals surface area contributed by atoms with Gasteiger partial charge in [-0.15, -0.1) is 0 Å². The van der Waals surface area contributed by atoms with E-state index in [1.165, 1.54) is 13.2 Å². The largest absolute Gasteiger partial charge is 0.469 e. The van der Waals surface area contributed by atoms with Crippen molar-refractivity contribution in [1.82, 2.24) is 4.90 Å². The summed E-state index contributed by atoms with van der Waals surface area (Å²) in [6, 6.07) is 4.99. The number of halogens is 1. The van der Waals surface area contributed by atoms with Crippen LogP contribution in [0.1, 0.15) is 35.8 Å². The number of esters is 1. The summed E-state index contributed by atoms with van der Waals surface area (Å²) in [7, 11) is 1.43. The van der Waals surface area contributed by atoms with Gasteiger partial charge in [0.2, 0.25) is 6.29 Å². The van der Waals surface area contributed by atoms with Gasteiger partial charge in [-0.05, 0) is 49.5 Å². The van der Waals surface area contributed by atoms with E-state index in [4.69, 9.17) is 14.2 Å². The number of piperidine rings is 1. The number of carbonyl (C=O) groups excluding carboxylic acids is 1. The van der Waals surface area contributed by atoms with Crippen LogP contribution in [0.4, 0.5) is 4.39 Å². The molecule has 1 atom stereocenters. The van der Waals surface area contributed by atoms with Gasteiger partial charge in [0.25, 0.3) is 0 Å². The second kappa shape index (κ2) is 7.96. The molecule has 0 amide bonds. The molecule has 0 saturated carbocycles. The van der Waals surface area contributed by atoms with Gasteiger partial charge in [-0.25, -0.2) is 4.39 Å². The summed E-state index contributed by atoms with van der Waals surface area (Å²) in [5.74, 6) is 0.250. The number of thiophene rings is 1. The summed E-state index contributed by atoms with van der Waals surface area (Å²) in [4.78, 5) is 13.9. The lowest BCUT2D eigenvalue weighted by Crippen LogP contribution is -2.36. The Bertz CT molecular complexity index is 803. The summed E-state index contributed by atoms with van der Waals surface area (Å²) in [6.45, 7) is 2.46. The van der Waals surface area contributed by atoms with Crippen molar-refractivity contribution in [2.24, 2.45) is 5.92 Å². The molecule has 1 aromatic heterocycles. The van der Waals surface area contributed by atoms with E-state index in [0.717, 1.165) is 42.6 Å².